The fraction of sp³-hybridized carbons (Fsp3) is 0.158. The van der Waals surface area contributed by atoms with Gasteiger partial charge in [-0.1, -0.05) is 47.5 Å². The van der Waals surface area contributed by atoms with Gasteiger partial charge in [0.1, 0.15) is 5.69 Å². The number of ether oxygens (including phenoxy) is 2. The summed E-state index contributed by atoms with van der Waals surface area (Å²) in [7, 11) is 1.48. The number of carbonyl (C=O) groups excluding carboxylic acids is 1. The van der Waals surface area contributed by atoms with Crippen LogP contribution in [0.2, 0.25) is 10.0 Å². The third-order valence-corrected chi connectivity index (χ3v) is 4.28. The van der Waals surface area contributed by atoms with E-state index in [4.69, 9.17) is 32.7 Å². The van der Waals surface area contributed by atoms with Gasteiger partial charge in [0, 0.05) is 10.6 Å². The predicted molar refractivity (Wildman–Crippen MR) is 102 cm³/mol. The first-order valence-electron chi connectivity index (χ1n) is 7.91. The molecule has 0 unspecified atom stereocenters. The van der Waals surface area contributed by atoms with Gasteiger partial charge in [0.25, 0.3) is 0 Å². The summed E-state index contributed by atoms with van der Waals surface area (Å²) in [6.07, 6.45) is 0. The highest BCUT2D eigenvalue weighted by atomic mass is 35.5. The summed E-state index contributed by atoms with van der Waals surface area (Å²) in [5, 5.41) is 5.52. The third-order valence-electron chi connectivity index (χ3n) is 3.71. The quantitative estimate of drug-likeness (QED) is 0.573. The van der Waals surface area contributed by atoms with Gasteiger partial charge >= 0.3 is 5.97 Å². The normalized spacial score (nSPS) is 10.6. The molecule has 0 amide bonds. The predicted octanol–water partition coefficient (Wildman–Crippen LogP) is 5.03. The summed E-state index contributed by atoms with van der Waals surface area (Å²) in [4.78, 5) is 12.4. The summed E-state index contributed by atoms with van der Waals surface area (Å²) in [6.45, 7) is 1.97. The Morgan fingerprint density at radius 2 is 1.81 bits per heavy atom. The van der Waals surface area contributed by atoms with Gasteiger partial charge in [-0.3, -0.25) is 0 Å². The first-order chi connectivity index (χ1) is 12.6. The van der Waals surface area contributed by atoms with Gasteiger partial charge in [0.2, 0.25) is 5.69 Å². The van der Waals surface area contributed by atoms with E-state index in [-0.39, 0.29) is 12.3 Å². The van der Waals surface area contributed by atoms with Crippen molar-refractivity contribution >= 4 is 29.2 Å². The molecule has 0 aliphatic rings. The molecule has 7 heteroatoms. The van der Waals surface area contributed by atoms with E-state index < -0.39 is 5.97 Å². The molecule has 1 aromatic heterocycles. The lowest BCUT2D eigenvalue weighted by Gasteiger charge is -2.10. The summed E-state index contributed by atoms with van der Waals surface area (Å²) in [5.74, 6) is -0.254. The summed E-state index contributed by atoms with van der Waals surface area (Å²) in [5.41, 5.74) is 2.06. The van der Waals surface area contributed by atoms with Crippen LogP contribution < -0.4 is 4.74 Å². The van der Waals surface area contributed by atoms with Gasteiger partial charge in [-0.2, -0.15) is 5.10 Å². The second-order valence-electron chi connectivity index (χ2n) is 5.32. The number of para-hydroxylation sites is 1. The Kier molecular flexibility index (Phi) is 5.49. The minimum absolute atomic E-state index is 0.0826. The van der Waals surface area contributed by atoms with Crippen LogP contribution in [-0.2, 0) is 4.74 Å². The van der Waals surface area contributed by atoms with Crippen molar-refractivity contribution in [2.45, 2.75) is 6.92 Å². The SMILES string of the molecule is CCOC(=O)c1nn(-c2ccccc2Cl)c(-c2ccc(Cl)cc2)c1OC. The van der Waals surface area contributed by atoms with E-state index in [1.54, 1.807) is 29.8 Å². The number of methoxy groups -OCH3 is 1. The van der Waals surface area contributed by atoms with Crippen molar-refractivity contribution in [2.75, 3.05) is 13.7 Å². The van der Waals surface area contributed by atoms with Gasteiger partial charge in [-0.05, 0) is 31.2 Å². The standard InChI is InChI=1S/C19H16Cl2N2O3/c1-3-26-19(24)16-18(25-2)17(12-8-10-13(20)11-9-12)23(22-16)15-7-5-4-6-14(15)21/h4-11H,3H2,1-2H3. The highest BCUT2D eigenvalue weighted by Gasteiger charge is 2.27. The lowest BCUT2D eigenvalue weighted by Crippen LogP contribution is -2.08. The number of aromatic nitrogens is 2. The number of rotatable bonds is 5. The molecule has 0 radical (unpaired) electrons. The average Bonchev–Trinajstić information content (AvgIpc) is 3.02. The van der Waals surface area contributed by atoms with E-state index in [0.29, 0.717) is 27.2 Å². The maximum Gasteiger partial charge on any atom is 0.362 e. The number of halogens is 2. The van der Waals surface area contributed by atoms with E-state index in [1.807, 2.05) is 30.3 Å². The Balaban J connectivity index is 2.30. The molecule has 0 fully saturated rings. The molecule has 0 aliphatic carbocycles. The van der Waals surface area contributed by atoms with Gasteiger partial charge in [-0.25, -0.2) is 9.48 Å². The van der Waals surface area contributed by atoms with Crippen molar-refractivity contribution in [3.05, 3.63) is 64.3 Å². The molecule has 0 spiro atoms. The van der Waals surface area contributed by atoms with Gasteiger partial charge < -0.3 is 9.47 Å². The van der Waals surface area contributed by atoms with Crippen LogP contribution in [0.4, 0.5) is 0 Å². The Hall–Kier alpha value is -2.50. The lowest BCUT2D eigenvalue weighted by atomic mass is 10.1. The summed E-state index contributed by atoms with van der Waals surface area (Å²) in [6, 6.07) is 14.4. The third kappa shape index (κ3) is 3.41. The van der Waals surface area contributed by atoms with Crippen LogP contribution in [-0.4, -0.2) is 29.5 Å². The molecule has 0 bridgehead atoms. The van der Waals surface area contributed by atoms with Crippen LogP contribution in [0, 0.1) is 0 Å². The first kappa shape index (κ1) is 18.3. The number of benzene rings is 2. The maximum atomic E-state index is 12.4. The maximum absolute atomic E-state index is 12.4. The fourth-order valence-corrected chi connectivity index (χ4v) is 2.93. The highest BCUT2D eigenvalue weighted by molar-refractivity contribution is 6.32. The molecule has 26 heavy (non-hydrogen) atoms. The van der Waals surface area contributed by atoms with Crippen molar-refractivity contribution in [3.63, 3.8) is 0 Å². The van der Waals surface area contributed by atoms with Crippen LogP contribution in [0.5, 0.6) is 5.75 Å². The molecular weight excluding hydrogens is 375 g/mol. The number of hydrogen-bond acceptors (Lipinski definition) is 4. The van der Waals surface area contributed by atoms with Crippen molar-refractivity contribution in [2.24, 2.45) is 0 Å². The largest absolute Gasteiger partial charge is 0.492 e. The molecule has 0 N–H and O–H groups in total. The molecule has 3 rings (SSSR count). The first-order valence-corrected chi connectivity index (χ1v) is 8.67. The lowest BCUT2D eigenvalue weighted by molar-refractivity contribution is 0.0515. The fourth-order valence-electron chi connectivity index (χ4n) is 2.59. The minimum atomic E-state index is -0.564. The molecule has 0 saturated heterocycles. The number of esters is 1. The van der Waals surface area contributed by atoms with Crippen molar-refractivity contribution in [1.29, 1.82) is 0 Å². The van der Waals surface area contributed by atoms with E-state index in [9.17, 15) is 4.79 Å². The molecule has 0 aliphatic heterocycles. The molecule has 5 nitrogen and oxygen atoms in total. The van der Waals surface area contributed by atoms with Gasteiger partial charge in [0.15, 0.2) is 5.75 Å². The van der Waals surface area contributed by atoms with Crippen molar-refractivity contribution < 1.29 is 14.3 Å². The van der Waals surface area contributed by atoms with Crippen LogP contribution in [0.1, 0.15) is 17.4 Å². The monoisotopic (exact) mass is 390 g/mol. The minimum Gasteiger partial charge on any atom is -0.492 e. The number of hydrogen-bond donors (Lipinski definition) is 0. The molecule has 2 aromatic carbocycles. The Bertz CT molecular complexity index is 936. The van der Waals surface area contributed by atoms with Gasteiger partial charge in [0.05, 0.1) is 24.4 Å². The van der Waals surface area contributed by atoms with Crippen LogP contribution in [0.3, 0.4) is 0 Å². The Labute approximate surface area is 161 Å². The zero-order chi connectivity index (χ0) is 18.7. The molecule has 3 aromatic rings. The summed E-state index contributed by atoms with van der Waals surface area (Å²) < 4.78 is 12.2. The zero-order valence-corrected chi connectivity index (χ0v) is 15.7. The average molecular weight is 391 g/mol. The second-order valence-corrected chi connectivity index (χ2v) is 6.16. The van der Waals surface area contributed by atoms with Crippen molar-refractivity contribution in [3.8, 4) is 22.7 Å². The van der Waals surface area contributed by atoms with E-state index in [0.717, 1.165) is 5.56 Å². The topological polar surface area (TPSA) is 53.3 Å². The van der Waals surface area contributed by atoms with E-state index in [2.05, 4.69) is 5.10 Å². The number of nitrogens with zero attached hydrogens (tertiary/aromatic N) is 2. The summed E-state index contributed by atoms with van der Waals surface area (Å²) >= 11 is 12.4. The van der Waals surface area contributed by atoms with Crippen LogP contribution >= 0.6 is 23.2 Å². The Morgan fingerprint density at radius 1 is 1.12 bits per heavy atom. The Morgan fingerprint density at radius 3 is 2.42 bits per heavy atom. The van der Waals surface area contributed by atoms with E-state index in [1.165, 1.54) is 7.11 Å². The molecule has 134 valence electrons. The van der Waals surface area contributed by atoms with Crippen LogP contribution in [0.25, 0.3) is 16.9 Å². The van der Waals surface area contributed by atoms with Gasteiger partial charge in [-0.15, -0.1) is 0 Å². The zero-order valence-electron chi connectivity index (χ0n) is 14.2. The molecular formula is C19H16Cl2N2O3. The van der Waals surface area contributed by atoms with Crippen LogP contribution in [0.15, 0.2) is 48.5 Å². The highest BCUT2D eigenvalue weighted by Crippen LogP contribution is 2.37. The van der Waals surface area contributed by atoms with Crippen molar-refractivity contribution in [1.82, 2.24) is 9.78 Å². The van der Waals surface area contributed by atoms with E-state index >= 15 is 0 Å². The second kappa shape index (κ2) is 7.81. The molecule has 1 heterocycles. The molecule has 0 saturated carbocycles. The number of carbonyl (C=O) groups is 1. The molecule has 0 atom stereocenters. The smallest absolute Gasteiger partial charge is 0.362 e.